The molecule has 0 spiro atoms. The van der Waals surface area contributed by atoms with Crippen LogP contribution in [0.3, 0.4) is 0 Å². The molecule has 0 aliphatic heterocycles. The standard InChI is InChI=1S/C53H102NO8P/c1-3-5-7-9-11-13-15-17-19-21-23-24-25-26-28-29-31-33-35-37-39-41-43-45-52(56)54-47-48-61-63(58,59)62-50-51(55)49-60-53(57)46-44-42-40-38-36-34-32-30-27-22-20-18-16-14-12-10-8-6-4-2/h11,13,17,19,51,55H,3-10,12,14-16,18,20-50H2,1-2H3,(H,54,56)(H,58,59)/b13-11-,19-17-. The molecule has 0 saturated carbocycles. The summed E-state index contributed by atoms with van der Waals surface area (Å²) in [5.41, 5.74) is 0. The molecule has 1 amide bonds. The van der Waals surface area contributed by atoms with Crippen molar-refractivity contribution in [2.24, 2.45) is 0 Å². The number of hydrogen-bond acceptors (Lipinski definition) is 7. The molecule has 0 bridgehead atoms. The van der Waals surface area contributed by atoms with Gasteiger partial charge >= 0.3 is 13.8 Å². The third kappa shape index (κ3) is 51.3. The van der Waals surface area contributed by atoms with Gasteiger partial charge in [0.2, 0.25) is 5.91 Å². The van der Waals surface area contributed by atoms with E-state index in [0.717, 1.165) is 44.9 Å². The lowest BCUT2D eigenvalue weighted by molar-refractivity contribution is -0.147. The topological polar surface area (TPSA) is 131 Å². The maximum atomic E-state index is 12.2. The quantitative estimate of drug-likeness (QED) is 0.0238. The van der Waals surface area contributed by atoms with Gasteiger partial charge in [-0.3, -0.25) is 18.6 Å². The number of allylic oxidation sites excluding steroid dienone is 4. The Labute approximate surface area is 389 Å². The summed E-state index contributed by atoms with van der Waals surface area (Å²) in [5.74, 6) is -0.504. The monoisotopic (exact) mass is 912 g/mol. The summed E-state index contributed by atoms with van der Waals surface area (Å²) in [5, 5.41) is 12.8. The van der Waals surface area contributed by atoms with Gasteiger partial charge in [-0.05, 0) is 44.9 Å². The van der Waals surface area contributed by atoms with E-state index in [1.165, 1.54) is 199 Å². The summed E-state index contributed by atoms with van der Waals surface area (Å²) in [4.78, 5) is 34.1. The van der Waals surface area contributed by atoms with Crippen LogP contribution in [0.15, 0.2) is 24.3 Å². The zero-order valence-electron chi connectivity index (χ0n) is 41.3. The molecular weight excluding hydrogens is 810 g/mol. The molecule has 0 aromatic heterocycles. The predicted molar refractivity (Wildman–Crippen MR) is 266 cm³/mol. The maximum absolute atomic E-state index is 12.2. The Morgan fingerprint density at radius 3 is 1.30 bits per heavy atom. The largest absolute Gasteiger partial charge is 0.472 e. The average Bonchev–Trinajstić information content (AvgIpc) is 3.27. The number of phosphoric ester groups is 1. The molecule has 63 heavy (non-hydrogen) atoms. The summed E-state index contributed by atoms with van der Waals surface area (Å²) in [6.07, 6.45) is 56.9. The molecule has 0 rings (SSSR count). The Morgan fingerprint density at radius 1 is 0.492 bits per heavy atom. The Hall–Kier alpha value is -1.51. The molecule has 0 aromatic rings. The molecule has 3 N–H and O–H groups in total. The van der Waals surface area contributed by atoms with Crippen molar-refractivity contribution in [1.82, 2.24) is 5.32 Å². The summed E-state index contributed by atoms with van der Waals surface area (Å²) >= 11 is 0. The highest BCUT2D eigenvalue weighted by Gasteiger charge is 2.23. The summed E-state index contributed by atoms with van der Waals surface area (Å²) in [7, 11) is -4.42. The van der Waals surface area contributed by atoms with Crippen LogP contribution >= 0.6 is 7.82 Å². The van der Waals surface area contributed by atoms with Gasteiger partial charge in [-0.2, -0.15) is 0 Å². The zero-order chi connectivity index (χ0) is 46.0. The molecular formula is C53H102NO8P. The van der Waals surface area contributed by atoms with Gasteiger partial charge in [-0.15, -0.1) is 0 Å². The SMILES string of the molecule is CCCCC/C=C\C/C=C\CCCCCCCCCCCCCCCC(=O)NCCOP(=O)(O)OCC(O)COC(=O)CCCCCCCCCCCCCCCCCCCCC. The van der Waals surface area contributed by atoms with E-state index in [-0.39, 0.29) is 32.1 Å². The van der Waals surface area contributed by atoms with Crippen molar-refractivity contribution in [2.45, 2.75) is 277 Å². The van der Waals surface area contributed by atoms with E-state index < -0.39 is 26.5 Å². The highest BCUT2D eigenvalue weighted by molar-refractivity contribution is 7.47. The average molecular weight is 912 g/mol. The molecule has 10 heteroatoms. The van der Waals surface area contributed by atoms with Crippen LogP contribution in [0.1, 0.15) is 271 Å². The van der Waals surface area contributed by atoms with Crippen LogP contribution in [0.5, 0.6) is 0 Å². The third-order valence-corrected chi connectivity index (χ3v) is 12.9. The number of ether oxygens (including phenoxy) is 1. The number of aliphatic hydroxyl groups is 1. The van der Waals surface area contributed by atoms with Gasteiger partial charge in [0.25, 0.3) is 0 Å². The van der Waals surface area contributed by atoms with Crippen molar-refractivity contribution < 1.29 is 37.9 Å². The number of carbonyl (C=O) groups is 2. The number of phosphoric acid groups is 1. The van der Waals surface area contributed by atoms with Gasteiger partial charge in [0, 0.05) is 19.4 Å². The van der Waals surface area contributed by atoms with Crippen LogP contribution in [-0.4, -0.2) is 54.3 Å². The number of unbranched alkanes of at least 4 members (excludes halogenated alkanes) is 34. The highest BCUT2D eigenvalue weighted by Crippen LogP contribution is 2.42. The molecule has 0 fully saturated rings. The zero-order valence-corrected chi connectivity index (χ0v) is 42.2. The van der Waals surface area contributed by atoms with Crippen molar-refractivity contribution in [3.63, 3.8) is 0 Å². The van der Waals surface area contributed by atoms with E-state index in [0.29, 0.717) is 6.42 Å². The first-order valence-corrected chi connectivity index (χ1v) is 28.3. The van der Waals surface area contributed by atoms with Crippen LogP contribution in [0.25, 0.3) is 0 Å². The van der Waals surface area contributed by atoms with E-state index in [2.05, 4.69) is 43.5 Å². The Morgan fingerprint density at radius 2 is 0.857 bits per heavy atom. The second-order valence-electron chi connectivity index (χ2n) is 18.2. The van der Waals surface area contributed by atoms with E-state index in [1.807, 2.05) is 0 Å². The second kappa shape index (κ2) is 49.9. The maximum Gasteiger partial charge on any atom is 0.472 e. The van der Waals surface area contributed by atoms with Crippen LogP contribution in [0.2, 0.25) is 0 Å². The third-order valence-electron chi connectivity index (χ3n) is 11.9. The minimum absolute atomic E-state index is 0.0844. The number of aliphatic hydroxyl groups excluding tert-OH is 1. The van der Waals surface area contributed by atoms with E-state index >= 15 is 0 Å². The fraction of sp³-hybridized carbons (Fsp3) is 0.887. The van der Waals surface area contributed by atoms with E-state index in [9.17, 15) is 24.2 Å². The molecule has 0 aliphatic rings. The van der Waals surface area contributed by atoms with E-state index in [1.54, 1.807) is 0 Å². The molecule has 9 nitrogen and oxygen atoms in total. The Balaban J connectivity index is 3.51. The molecule has 2 atom stereocenters. The number of amides is 1. The first-order chi connectivity index (χ1) is 30.8. The van der Waals surface area contributed by atoms with Crippen LogP contribution in [-0.2, 0) is 27.9 Å². The second-order valence-corrected chi connectivity index (χ2v) is 19.7. The molecule has 2 unspecified atom stereocenters. The van der Waals surface area contributed by atoms with Crippen LogP contribution in [0.4, 0.5) is 0 Å². The number of hydrogen-bond donors (Lipinski definition) is 3. The van der Waals surface area contributed by atoms with Crippen molar-refractivity contribution >= 4 is 19.7 Å². The van der Waals surface area contributed by atoms with Gasteiger partial charge in [0.1, 0.15) is 12.7 Å². The minimum Gasteiger partial charge on any atom is -0.463 e. The number of rotatable bonds is 51. The predicted octanol–water partition coefficient (Wildman–Crippen LogP) is 15.9. The lowest BCUT2D eigenvalue weighted by atomic mass is 10.0. The smallest absolute Gasteiger partial charge is 0.463 e. The number of esters is 1. The fourth-order valence-corrected chi connectivity index (χ4v) is 8.58. The minimum atomic E-state index is -4.42. The van der Waals surface area contributed by atoms with Crippen molar-refractivity contribution in [1.29, 1.82) is 0 Å². The number of nitrogens with one attached hydrogen (secondary N) is 1. The van der Waals surface area contributed by atoms with E-state index in [4.69, 9.17) is 13.8 Å². The van der Waals surface area contributed by atoms with Gasteiger partial charge in [0.15, 0.2) is 0 Å². The fourth-order valence-electron chi connectivity index (χ4n) is 7.83. The van der Waals surface area contributed by atoms with Gasteiger partial charge < -0.3 is 20.1 Å². The highest BCUT2D eigenvalue weighted by atomic mass is 31.2. The molecule has 0 aromatic carbocycles. The van der Waals surface area contributed by atoms with Crippen LogP contribution < -0.4 is 5.32 Å². The molecule has 0 saturated heterocycles. The lowest BCUT2D eigenvalue weighted by Gasteiger charge is -2.15. The Kier molecular flexibility index (Phi) is 48.7. The lowest BCUT2D eigenvalue weighted by Crippen LogP contribution is -2.27. The molecule has 0 heterocycles. The van der Waals surface area contributed by atoms with Crippen molar-refractivity contribution in [3.05, 3.63) is 24.3 Å². The van der Waals surface area contributed by atoms with Gasteiger partial charge in [0.05, 0.1) is 13.2 Å². The summed E-state index contributed by atoms with van der Waals surface area (Å²) < 4.78 is 27.0. The van der Waals surface area contributed by atoms with Crippen LogP contribution in [0, 0.1) is 0 Å². The first kappa shape index (κ1) is 61.5. The Bertz CT molecular complexity index is 1090. The number of carbonyl (C=O) groups excluding carboxylic acids is 2. The van der Waals surface area contributed by atoms with Gasteiger partial charge in [-0.25, -0.2) is 4.57 Å². The summed E-state index contributed by atoms with van der Waals surface area (Å²) in [6.45, 7) is 3.59. The normalized spacial score (nSPS) is 13.3. The molecule has 0 aliphatic carbocycles. The molecule has 0 radical (unpaired) electrons. The molecule has 372 valence electrons. The first-order valence-electron chi connectivity index (χ1n) is 26.8. The summed E-state index contributed by atoms with van der Waals surface area (Å²) in [6, 6.07) is 0. The van der Waals surface area contributed by atoms with Crippen molar-refractivity contribution in [3.8, 4) is 0 Å². The van der Waals surface area contributed by atoms with Gasteiger partial charge in [-0.1, -0.05) is 237 Å². The van der Waals surface area contributed by atoms with Crippen molar-refractivity contribution in [2.75, 3.05) is 26.4 Å².